The minimum atomic E-state index is -0.399. The molecule has 34 heavy (non-hydrogen) atoms. The molecule has 2 heterocycles. The first-order valence-corrected chi connectivity index (χ1v) is 12.4. The summed E-state index contributed by atoms with van der Waals surface area (Å²) in [5, 5.41) is 4.69. The second-order valence-corrected chi connectivity index (χ2v) is 9.70. The Kier molecular flexibility index (Phi) is 7.62. The highest BCUT2D eigenvalue weighted by molar-refractivity contribution is 7.18. The van der Waals surface area contributed by atoms with E-state index < -0.39 is 5.91 Å². The van der Waals surface area contributed by atoms with E-state index in [0.717, 1.165) is 48.1 Å². The first-order chi connectivity index (χ1) is 16.5. The molecule has 1 unspecified atom stereocenters. The number of carbonyl (C=O) groups is 1. The van der Waals surface area contributed by atoms with E-state index in [1.165, 1.54) is 22.0 Å². The van der Waals surface area contributed by atoms with E-state index in [-0.39, 0.29) is 12.1 Å². The van der Waals surface area contributed by atoms with Crippen molar-refractivity contribution >= 4 is 33.7 Å². The van der Waals surface area contributed by atoms with Crippen molar-refractivity contribution < 1.29 is 14.3 Å². The molecule has 0 saturated heterocycles. The molecule has 1 N–H and O–H groups in total. The molecule has 0 aliphatic heterocycles. The van der Waals surface area contributed by atoms with E-state index in [1.807, 2.05) is 12.1 Å². The molecule has 8 nitrogen and oxygen atoms in total. The van der Waals surface area contributed by atoms with Crippen molar-refractivity contribution in [1.29, 1.82) is 0 Å². The fourth-order valence-corrected chi connectivity index (χ4v) is 5.40. The average Bonchev–Trinajstić information content (AvgIpc) is 3.20. The number of aryl methyl sites for hydroxylation is 1. The predicted molar refractivity (Wildman–Crippen MR) is 134 cm³/mol. The van der Waals surface area contributed by atoms with Gasteiger partial charge in [0.05, 0.1) is 31.6 Å². The molecule has 2 aromatic heterocycles. The summed E-state index contributed by atoms with van der Waals surface area (Å²) in [6.45, 7) is 4.82. The van der Waals surface area contributed by atoms with Crippen LogP contribution in [0.25, 0.3) is 10.2 Å². The summed E-state index contributed by atoms with van der Waals surface area (Å²) in [6, 6.07) is 5.45. The van der Waals surface area contributed by atoms with Crippen LogP contribution >= 0.6 is 11.3 Å². The van der Waals surface area contributed by atoms with Gasteiger partial charge in [0.25, 0.3) is 11.5 Å². The van der Waals surface area contributed by atoms with E-state index in [2.05, 4.69) is 29.4 Å². The highest BCUT2D eigenvalue weighted by Gasteiger charge is 2.23. The van der Waals surface area contributed by atoms with E-state index in [4.69, 9.17) is 9.47 Å². The average molecular weight is 483 g/mol. The number of amides is 1. The highest BCUT2D eigenvalue weighted by atomic mass is 32.1. The number of rotatable bonds is 9. The molecule has 1 aliphatic carbocycles. The normalized spacial score (nSPS) is 15.4. The number of aromatic nitrogens is 2. The standard InChI is InChI=1S/C25H30N4O4S/c1-4-5-10-33-19-9-7-17(12-20(19)32-3)13-27-28-22(30)14-29-15-26-24-23(25(29)31)18-8-6-16(2)11-21(18)34-24/h7,9,12-13,15-16H,4-6,8,10-11,14H2,1-3H3,(H,28,30). The van der Waals surface area contributed by atoms with Gasteiger partial charge in [-0.15, -0.1) is 11.3 Å². The number of hydrogen-bond acceptors (Lipinski definition) is 7. The summed E-state index contributed by atoms with van der Waals surface area (Å²) in [5.74, 6) is 1.50. The van der Waals surface area contributed by atoms with Gasteiger partial charge >= 0.3 is 0 Å². The zero-order chi connectivity index (χ0) is 24.1. The third kappa shape index (κ3) is 5.30. The quantitative estimate of drug-likeness (QED) is 0.283. The lowest BCUT2D eigenvalue weighted by Gasteiger charge is -2.17. The number of nitrogens with zero attached hydrogens (tertiary/aromatic N) is 3. The van der Waals surface area contributed by atoms with Crippen LogP contribution in [0.1, 0.15) is 49.1 Å². The topological polar surface area (TPSA) is 94.8 Å². The third-order valence-electron chi connectivity index (χ3n) is 5.94. The lowest BCUT2D eigenvalue weighted by molar-refractivity contribution is -0.121. The molecular formula is C25H30N4O4S. The Balaban J connectivity index is 1.41. The van der Waals surface area contributed by atoms with Crippen molar-refractivity contribution in [2.45, 2.75) is 52.5 Å². The summed E-state index contributed by atoms with van der Waals surface area (Å²) in [4.78, 5) is 31.9. The molecule has 0 saturated carbocycles. The molecule has 180 valence electrons. The van der Waals surface area contributed by atoms with Crippen LogP contribution in [-0.2, 0) is 24.2 Å². The second-order valence-electron chi connectivity index (χ2n) is 8.62. The minimum absolute atomic E-state index is 0.145. The monoisotopic (exact) mass is 482 g/mol. The molecule has 0 fully saturated rings. The number of thiophene rings is 1. The maximum absolute atomic E-state index is 13.1. The van der Waals surface area contributed by atoms with E-state index >= 15 is 0 Å². The lowest BCUT2D eigenvalue weighted by Crippen LogP contribution is -2.30. The molecule has 0 radical (unpaired) electrons. The Labute approximate surface area is 202 Å². The SMILES string of the molecule is CCCCOc1ccc(C=NNC(=O)Cn2cnc3sc4c(c3c2=O)CCC(C)C4)cc1OC. The number of unbranched alkanes of at least 4 members (excludes halogenated alkanes) is 1. The molecule has 3 aromatic rings. The first-order valence-electron chi connectivity index (χ1n) is 11.6. The van der Waals surface area contributed by atoms with Gasteiger partial charge in [0.1, 0.15) is 11.4 Å². The number of nitrogens with one attached hydrogen (secondary N) is 1. The number of benzene rings is 1. The Hall–Kier alpha value is -3.20. The van der Waals surface area contributed by atoms with Crippen LogP contribution in [0.2, 0.25) is 0 Å². The van der Waals surface area contributed by atoms with Crippen molar-refractivity contribution in [1.82, 2.24) is 15.0 Å². The molecule has 4 rings (SSSR count). The van der Waals surface area contributed by atoms with E-state index in [0.29, 0.717) is 29.4 Å². The molecule has 9 heteroatoms. The number of hydrogen-bond donors (Lipinski definition) is 1. The Bertz CT molecular complexity index is 1260. The zero-order valence-electron chi connectivity index (χ0n) is 19.8. The van der Waals surface area contributed by atoms with Crippen LogP contribution in [0.3, 0.4) is 0 Å². The smallest absolute Gasteiger partial charge is 0.262 e. The summed E-state index contributed by atoms with van der Waals surface area (Å²) in [6.07, 6.45) is 7.94. The minimum Gasteiger partial charge on any atom is -0.493 e. The summed E-state index contributed by atoms with van der Waals surface area (Å²) >= 11 is 1.60. The van der Waals surface area contributed by atoms with Gasteiger partial charge < -0.3 is 9.47 Å². The van der Waals surface area contributed by atoms with Crippen LogP contribution in [0.5, 0.6) is 11.5 Å². The van der Waals surface area contributed by atoms with Gasteiger partial charge in [0, 0.05) is 4.88 Å². The number of methoxy groups -OCH3 is 1. The zero-order valence-corrected chi connectivity index (χ0v) is 20.6. The molecule has 1 amide bonds. The molecule has 1 aromatic carbocycles. The van der Waals surface area contributed by atoms with Gasteiger partial charge in [-0.05, 0) is 60.9 Å². The predicted octanol–water partition coefficient (Wildman–Crippen LogP) is 3.92. The van der Waals surface area contributed by atoms with Crippen molar-refractivity contribution in [2.75, 3.05) is 13.7 Å². The summed E-state index contributed by atoms with van der Waals surface area (Å²) in [5.41, 5.74) is 4.18. The maximum atomic E-state index is 13.1. The van der Waals surface area contributed by atoms with Crippen LogP contribution < -0.4 is 20.5 Å². The van der Waals surface area contributed by atoms with Crippen LogP contribution in [0, 0.1) is 5.92 Å². The lowest BCUT2D eigenvalue weighted by atomic mass is 9.89. The molecule has 0 spiro atoms. The molecule has 1 atom stereocenters. The number of fused-ring (bicyclic) bond motifs is 3. The van der Waals surface area contributed by atoms with Gasteiger partial charge in [-0.2, -0.15) is 5.10 Å². The molecule has 1 aliphatic rings. The van der Waals surface area contributed by atoms with Crippen molar-refractivity contribution in [3.63, 3.8) is 0 Å². The summed E-state index contributed by atoms with van der Waals surface area (Å²) < 4.78 is 12.5. The van der Waals surface area contributed by atoms with Crippen molar-refractivity contribution in [3.05, 3.63) is 50.9 Å². The highest BCUT2D eigenvalue weighted by Crippen LogP contribution is 2.35. The summed E-state index contributed by atoms with van der Waals surface area (Å²) in [7, 11) is 1.58. The number of hydrazone groups is 1. The van der Waals surface area contributed by atoms with Gasteiger partial charge in [0.2, 0.25) is 0 Å². The third-order valence-corrected chi connectivity index (χ3v) is 7.10. The first kappa shape index (κ1) is 23.9. The Morgan fingerprint density at radius 1 is 1.38 bits per heavy atom. The Morgan fingerprint density at radius 2 is 2.24 bits per heavy atom. The van der Waals surface area contributed by atoms with Gasteiger partial charge in [-0.3, -0.25) is 14.2 Å². The second kappa shape index (κ2) is 10.8. The molecular weight excluding hydrogens is 452 g/mol. The number of ether oxygens (including phenoxy) is 2. The van der Waals surface area contributed by atoms with E-state index in [9.17, 15) is 9.59 Å². The molecule has 0 bridgehead atoms. The fraction of sp³-hybridized carbons (Fsp3) is 0.440. The largest absolute Gasteiger partial charge is 0.493 e. The van der Waals surface area contributed by atoms with Crippen molar-refractivity contribution in [3.8, 4) is 11.5 Å². The maximum Gasteiger partial charge on any atom is 0.262 e. The van der Waals surface area contributed by atoms with E-state index in [1.54, 1.807) is 24.5 Å². The fourth-order valence-electron chi connectivity index (χ4n) is 4.06. The van der Waals surface area contributed by atoms with Gasteiger partial charge in [-0.1, -0.05) is 20.3 Å². The van der Waals surface area contributed by atoms with Crippen LogP contribution in [0.4, 0.5) is 0 Å². The van der Waals surface area contributed by atoms with Gasteiger partial charge in [0.15, 0.2) is 11.5 Å². The number of carbonyl (C=O) groups excluding carboxylic acids is 1. The van der Waals surface area contributed by atoms with Crippen LogP contribution in [-0.4, -0.2) is 35.4 Å². The van der Waals surface area contributed by atoms with Crippen LogP contribution in [0.15, 0.2) is 34.4 Å². The van der Waals surface area contributed by atoms with Gasteiger partial charge in [-0.25, -0.2) is 10.4 Å². The Morgan fingerprint density at radius 3 is 3.03 bits per heavy atom. The van der Waals surface area contributed by atoms with Crippen molar-refractivity contribution in [2.24, 2.45) is 11.0 Å².